The van der Waals surface area contributed by atoms with Crippen LogP contribution in [0, 0.1) is 0 Å². The SMILES string of the molecule is CCOC(=O)C(C)c1oc2ccccc2c1N. The molecule has 1 heterocycles. The van der Waals surface area contributed by atoms with Crippen molar-refractivity contribution < 1.29 is 13.9 Å². The van der Waals surface area contributed by atoms with Crippen molar-refractivity contribution in [2.45, 2.75) is 19.8 Å². The van der Waals surface area contributed by atoms with Crippen molar-refractivity contribution in [2.24, 2.45) is 0 Å². The third-order valence-electron chi connectivity index (χ3n) is 2.70. The van der Waals surface area contributed by atoms with Crippen LogP contribution < -0.4 is 5.73 Å². The molecular formula is C13H15NO3. The van der Waals surface area contributed by atoms with Crippen molar-refractivity contribution in [3.63, 3.8) is 0 Å². The molecule has 17 heavy (non-hydrogen) atoms. The van der Waals surface area contributed by atoms with Crippen LogP contribution in [0.1, 0.15) is 25.5 Å². The number of hydrogen-bond acceptors (Lipinski definition) is 4. The summed E-state index contributed by atoms with van der Waals surface area (Å²) in [6, 6.07) is 7.44. The van der Waals surface area contributed by atoms with Crippen LogP contribution >= 0.6 is 0 Å². The molecule has 4 heteroatoms. The van der Waals surface area contributed by atoms with Gasteiger partial charge in [-0.25, -0.2) is 0 Å². The number of benzene rings is 1. The first kappa shape index (κ1) is 11.5. The quantitative estimate of drug-likeness (QED) is 0.828. The highest BCUT2D eigenvalue weighted by molar-refractivity contribution is 5.93. The van der Waals surface area contributed by atoms with Crippen LogP contribution in [0.2, 0.25) is 0 Å². The molecule has 1 unspecified atom stereocenters. The molecule has 0 radical (unpaired) electrons. The fraction of sp³-hybridized carbons (Fsp3) is 0.308. The average molecular weight is 233 g/mol. The minimum atomic E-state index is -0.484. The van der Waals surface area contributed by atoms with Gasteiger partial charge in [-0.2, -0.15) is 0 Å². The summed E-state index contributed by atoms with van der Waals surface area (Å²) in [4.78, 5) is 11.6. The summed E-state index contributed by atoms with van der Waals surface area (Å²) in [6.45, 7) is 3.85. The highest BCUT2D eigenvalue weighted by Gasteiger charge is 2.24. The van der Waals surface area contributed by atoms with Crippen LogP contribution in [0.3, 0.4) is 0 Å². The molecule has 90 valence electrons. The van der Waals surface area contributed by atoms with Crippen LogP contribution in [0.5, 0.6) is 0 Å². The monoisotopic (exact) mass is 233 g/mol. The normalized spacial score (nSPS) is 12.6. The predicted octanol–water partition coefficient (Wildman–Crippen LogP) is 2.68. The van der Waals surface area contributed by atoms with Gasteiger partial charge >= 0.3 is 5.97 Å². The summed E-state index contributed by atoms with van der Waals surface area (Å²) in [7, 11) is 0. The zero-order valence-electron chi connectivity index (χ0n) is 9.90. The van der Waals surface area contributed by atoms with Gasteiger partial charge < -0.3 is 14.9 Å². The molecule has 0 saturated heterocycles. The minimum Gasteiger partial charge on any atom is -0.465 e. The van der Waals surface area contributed by atoms with Crippen LogP contribution in [-0.2, 0) is 9.53 Å². The van der Waals surface area contributed by atoms with Gasteiger partial charge in [-0.3, -0.25) is 4.79 Å². The van der Waals surface area contributed by atoms with Gasteiger partial charge in [0, 0.05) is 5.39 Å². The number of rotatable bonds is 3. The maximum Gasteiger partial charge on any atom is 0.316 e. The molecule has 0 spiro atoms. The van der Waals surface area contributed by atoms with Crippen molar-refractivity contribution in [3.05, 3.63) is 30.0 Å². The van der Waals surface area contributed by atoms with Gasteiger partial charge in [0.1, 0.15) is 17.3 Å². The standard InChI is InChI=1S/C13H15NO3/c1-3-16-13(15)8(2)12-11(14)9-6-4-5-7-10(9)17-12/h4-8H,3,14H2,1-2H3. The third kappa shape index (κ3) is 1.98. The summed E-state index contributed by atoms with van der Waals surface area (Å²) < 4.78 is 10.6. The van der Waals surface area contributed by atoms with E-state index in [1.165, 1.54) is 0 Å². The molecule has 0 fully saturated rings. The minimum absolute atomic E-state index is 0.321. The Balaban J connectivity index is 2.42. The van der Waals surface area contributed by atoms with E-state index in [0.717, 1.165) is 5.39 Å². The van der Waals surface area contributed by atoms with Crippen LogP contribution in [0.15, 0.2) is 28.7 Å². The molecule has 1 aromatic carbocycles. The van der Waals surface area contributed by atoms with Crippen molar-refractivity contribution in [1.82, 2.24) is 0 Å². The second-order valence-corrected chi connectivity index (χ2v) is 3.85. The van der Waals surface area contributed by atoms with Gasteiger partial charge in [-0.05, 0) is 26.0 Å². The van der Waals surface area contributed by atoms with Crippen molar-refractivity contribution >= 4 is 22.6 Å². The van der Waals surface area contributed by atoms with Crippen molar-refractivity contribution in [1.29, 1.82) is 0 Å². The summed E-state index contributed by atoms with van der Waals surface area (Å²) >= 11 is 0. The van der Waals surface area contributed by atoms with E-state index in [1.807, 2.05) is 24.3 Å². The first-order chi connectivity index (χ1) is 8.15. The number of esters is 1. The molecule has 4 nitrogen and oxygen atoms in total. The lowest BCUT2D eigenvalue weighted by Gasteiger charge is -2.08. The van der Waals surface area contributed by atoms with E-state index >= 15 is 0 Å². The summed E-state index contributed by atoms with van der Waals surface area (Å²) in [6.07, 6.45) is 0. The molecule has 0 amide bonds. The van der Waals surface area contributed by atoms with Crippen molar-refractivity contribution in [2.75, 3.05) is 12.3 Å². The number of para-hydroxylation sites is 1. The lowest BCUT2D eigenvalue weighted by atomic mass is 10.1. The Morgan fingerprint density at radius 3 is 2.82 bits per heavy atom. The molecule has 0 aliphatic heterocycles. The number of carbonyl (C=O) groups is 1. The maximum absolute atomic E-state index is 11.6. The fourth-order valence-electron chi connectivity index (χ4n) is 1.78. The fourth-order valence-corrected chi connectivity index (χ4v) is 1.78. The van der Waals surface area contributed by atoms with Gasteiger partial charge in [0.15, 0.2) is 0 Å². The Morgan fingerprint density at radius 2 is 2.18 bits per heavy atom. The Kier molecular flexibility index (Phi) is 3.04. The van der Waals surface area contributed by atoms with E-state index in [1.54, 1.807) is 13.8 Å². The largest absolute Gasteiger partial charge is 0.465 e. The summed E-state index contributed by atoms with van der Waals surface area (Å²) in [5.74, 6) is -0.328. The van der Waals surface area contributed by atoms with Gasteiger partial charge in [0.05, 0.1) is 12.3 Å². The van der Waals surface area contributed by atoms with E-state index in [-0.39, 0.29) is 5.97 Å². The second-order valence-electron chi connectivity index (χ2n) is 3.85. The lowest BCUT2D eigenvalue weighted by molar-refractivity contribution is -0.144. The first-order valence-electron chi connectivity index (χ1n) is 5.58. The molecule has 0 bridgehead atoms. The van der Waals surface area contributed by atoms with E-state index < -0.39 is 5.92 Å². The van der Waals surface area contributed by atoms with Gasteiger partial charge in [0.25, 0.3) is 0 Å². The van der Waals surface area contributed by atoms with Gasteiger partial charge in [-0.1, -0.05) is 12.1 Å². The Hall–Kier alpha value is -1.97. The summed E-state index contributed by atoms with van der Waals surface area (Å²) in [5, 5.41) is 0.832. The van der Waals surface area contributed by atoms with E-state index in [9.17, 15) is 4.79 Å². The topological polar surface area (TPSA) is 65.5 Å². The number of anilines is 1. The van der Waals surface area contributed by atoms with Crippen LogP contribution in [-0.4, -0.2) is 12.6 Å². The molecule has 0 aliphatic carbocycles. The molecule has 2 rings (SSSR count). The molecule has 2 aromatic rings. The number of hydrogen-bond donors (Lipinski definition) is 1. The molecule has 0 aliphatic rings. The summed E-state index contributed by atoms with van der Waals surface area (Å²) in [5.41, 5.74) is 7.18. The lowest BCUT2D eigenvalue weighted by Crippen LogP contribution is -2.13. The van der Waals surface area contributed by atoms with Gasteiger partial charge in [0.2, 0.25) is 0 Å². The van der Waals surface area contributed by atoms with Crippen molar-refractivity contribution in [3.8, 4) is 0 Å². The predicted molar refractivity (Wildman–Crippen MR) is 65.7 cm³/mol. The average Bonchev–Trinajstić information content (AvgIpc) is 2.67. The second kappa shape index (κ2) is 4.49. The number of nitrogens with two attached hydrogens (primary N) is 1. The third-order valence-corrected chi connectivity index (χ3v) is 2.70. The molecule has 2 N–H and O–H groups in total. The maximum atomic E-state index is 11.6. The molecule has 1 atom stereocenters. The number of carbonyl (C=O) groups excluding carboxylic acids is 1. The smallest absolute Gasteiger partial charge is 0.316 e. The zero-order valence-corrected chi connectivity index (χ0v) is 9.90. The number of ether oxygens (including phenoxy) is 1. The van der Waals surface area contributed by atoms with E-state index in [4.69, 9.17) is 14.9 Å². The highest BCUT2D eigenvalue weighted by Crippen LogP contribution is 2.33. The van der Waals surface area contributed by atoms with E-state index in [2.05, 4.69) is 0 Å². The Morgan fingerprint density at radius 1 is 1.47 bits per heavy atom. The van der Waals surface area contributed by atoms with Gasteiger partial charge in [-0.15, -0.1) is 0 Å². The first-order valence-corrected chi connectivity index (χ1v) is 5.58. The number of fused-ring (bicyclic) bond motifs is 1. The zero-order chi connectivity index (χ0) is 12.4. The van der Waals surface area contributed by atoms with Crippen LogP contribution in [0.4, 0.5) is 5.69 Å². The highest BCUT2D eigenvalue weighted by atomic mass is 16.5. The van der Waals surface area contributed by atoms with E-state index in [0.29, 0.717) is 23.6 Å². The molecule has 1 aromatic heterocycles. The van der Waals surface area contributed by atoms with Crippen LogP contribution in [0.25, 0.3) is 11.0 Å². The Labute approximate surface area is 99.3 Å². The molecular weight excluding hydrogens is 218 g/mol. The molecule has 0 saturated carbocycles. The number of nitrogen functional groups attached to an aromatic ring is 1. The number of furan rings is 1. The Bertz CT molecular complexity index is 545.